The number of carboxylic acids is 2. The lowest BCUT2D eigenvalue weighted by Crippen LogP contribution is -2.24. The van der Waals surface area contributed by atoms with Crippen LogP contribution < -0.4 is 5.56 Å². The Balaban J connectivity index is 0.000000472. The molecule has 1 atom stereocenters. The van der Waals surface area contributed by atoms with Crippen LogP contribution in [-0.2, 0) is 11.2 Å². The third-order valence-electron chi connectivity index (χ3n) is 6.30. The van der Waals surface area contributed by atoms with Crippen LogP contribution in [0.3, 0.4) is 0 Å². The molecule has 1 aliphatic rings. The molecule has 4 aromatic heterocycles. The van der Waals surface area contributed by atoms with Gasteiger partial charge in [0.1, 0.15) is 22.7 Å². The minimum atomic E-state index is -5.08. The van der Waals surface area contributed by atoms with E-state index in [1.165, 1.54) is 29.2 Å². The summed E-state index contributed by atoms with van der Waals surface area (Å²) >= 11 is 7.20. The van der Waals surface area contributed by atoms with E-state index in [-0.39, 0.29) is 16.1 Å². The summed E-state index contributed by atoms with van der Waals surface area (Å²) in [4.78, 5) is 40.9. The number of benzene rings is 1. The largest absolute Gasteiger partial charge is 0.490 e. The van der Waals surface area contributed by atoms with Crippen molar-refractivity contribution in [3.8, 4) is 27.4 Å². The van der Waals surface area contributed by atoms with Crippen molar-refractivity contribution < 1.29 is 37.4 Å². The lowest BCUT2D eigenvalue weighted by molar-refractivity contribution is -0.192. The van der Waals surface area contributed by atoms with E-state index in [4.69, 9.17) is 26.6 Å². The number of nitrogens with zero attached hydrogens (tertiary/aromatic N) is 6. The number of tetrazole rings is 1. The van der Waals surface area contributed by atoms with Crippen molar-refractivity contribution in [3.05, 3.63) is 86.5 Å². The van der Waals surface area contributed by atoms with Crippen molar-refractivity contribution in [2.75, 3.05) is 0 Å². The summed E-state index contributed by atoms with van der Waals surface area (Å²) in [5.74, 6) is -4.28. The van der Waals surface area contributed by atoms with Crippen LogP contribution >= 0.6 is 22.9 Å². The minimum absolute atomic E-state index is 0.0950. The predicted molar refractivity (Wildman–Crippen MR) is 143 cm³/mol. The van der Waals surface area contributed by atoms with Gasteiger partial charge in [-0.25, -0.2) is 14.6 Å². The van der Waals surface area contributed by atoms with Crippen LogP contribution in [0.15, 0.2) is 53.6 Å². The van der Waals surface area contributed by atoms with Crippen LogP contribution in [0.25, 0.3) is 27.4 Å². The maximum Gasteiger partial charge on any atom is 0.490 e. The van der Waals surface area contributed by atoms with Crippen LogP contribution in [0.2, 0.25) is 5.02 Å². The zero-order valence-corrected chi connectivity index (χ0v) is 22.8. The van der Waals surface area contributed by atoms with Gasteiger partial charge >= 0.3 is 18.1 Å². The molecule has 5 heterocycles. The smallest absolute Gasteiger partial charge is 0.477 e. The SMILES string of the molecule is O=C(O)C(F)(F)F.O=C(O)c1ccc(-c2[nH]c([C@@H]3CCc4cc(-c5cc(Cl)ccc5-n5cnnn5)cc(=O)n43)nc2F)s1. The first-order chi connectivity index (χ1) is 20.3. The number of carboxylic acid groups (broad SMARTS) is 2. The molecular weight excluding hydrogens is 622 g/mol. The molecule has 0 saturated carbocycles. The van der Waals surface area contributed by atoms with E-state index in [1.54, 1.807) is 22.8 Å². The molecule has 6 rings (SSSR count). The topological polar surface area (TPSA) is 169 Å². The normalized spacial score (nSPS) is 14.2. The highest BCUT2D eigenvalue weighted by atomic mass is 35.5. The van der Waals surface area contributed by atoms with Gasteiger partial charge in [-0.1, -0.05) is 11.6 Å². The molecular formula is C25H16ClF4N7O5S. The Morgan fingerprint density at radius 2 is 1.86 bits per heavy atom. The lowest BCUT2D eigenvalue weighted by Gasteiger charge is -2.14. The summed E-state index contributed by atoms with van der Waals surface area (Å²) in [7, 11) is 0. The summed E-state index contributed by atoms with van der Waals surface area (Å²) < 4.78 is 49.6. The van der Waals surface area contributed by atoms with Gasteiger partial charge in [0.2, 0.25) is 5.95 Å². The molecule has 43 heavy (non-hydrogen) atoms. The number of aromatic amines is 1. The fraction of sp³-hybridized carbons (Fsp3) is 0.160. The molecule has 1 aliphatic heterocycles. The fourth-order valence-corrected chi connectivity index (χ4v) is 5.50. The predicted octanol–water partition coefficient (Wildman–Crippen LogP) is 4.60. The van der Waals surface area contributed by atoms with E-state index in [1.807, 2.05) is 6.07 Å². The fourth-order valence-electron chi connectivity index (χ4n) is 4.50. The van der Waals surface area contributed by atoms with Gasteiger partial charge in [0.05, 0.1) is 16.6 Å². The first kappa shape index (κ1) is 29.6. The third kappa shape index (κ3) is 6.02. The number of aromatic nitrogens is 7. The number of aryl methyl sites for hydroxylation is 1. The molecule has 5 aromatic rings. The molecule has 1 aromatic carbocycles. The molecule has 0 fully saturated rings. The first-order valence-electron chi connectivity index (χ1n) is 12.0. The molecule has 0 bridgehead atoms. The Hall–Kier alpha value is -4.90. The molecule has 0 aliphatic carbocycles. The Morgan fingerprint density at radius 1 is 1.12 bits per heavy atom. The van der Waals surface area contributed by atoms with Crippen molar-refractivity contribution in [1.82, 2.24) is 34.7 Å². The van der Waals surface area contributed by atoms with E-state index in [2.05, 4.69) is 25.5 Å². The second-order valence-corrected chi connectivity index (χ2v) is 10.5. The molecule has 0 unspecified atom stereocenters. The van der Waals surface area contributed by atoms with Crippen molar-refractivity contribution in [3.63, 3.8) is 0 Å². The number of rotatable bonds is 5. The number of hydrogen-bond acceptors (Lipinski definition) is 8. The highest BCUT2D eigenvalue weighted by molar-refractivity contribution is 7.17. The minimum Gasteiger partial charge on any atom is -0.477 e. The van der Waals surface area contributed by atoms with Crippen molar-refractivity contribution in [1.29, 1.82) is 0 Å². The van der Waals surface area contributed by atoms with E-state index in [9.17, 15) is 27.2 Å². The average molecular weight is 638 g/mol. The quantitative estimate of drug-likeness (QED) is 0.233. The van der Waals surface area contributed by atoms with Gasteiger partial charge in [0.25, 0.3) is 5.56 Å². The number of alkyl halides is 3. The number of H-pyrrole nitrogens is 1. The summed E-state index contributed by atoms with van der Waals surface area (Å²) in [6.45, 7) is 0. The summed E-state index contributed by atoms with van der Waals surface area (Å²) in [5.41, 5.74) is 2.62. The second-order valence-electron chi connectivity index (χ2n) is 8.97. The molecule has 12 nitrogen and oxygen atoms in total. The highest BCUT2D eigenvalue weighted by Crippen LogP contribution is 2.36. The molecule has 0 spiro atoms. The number of pyridine rings is 1. The number of fused-ring (bicyclic) bond motifs is 1. The average Bonchev–Trinajstić information content (AvgIpc) is 3.74. The van der Waals surface area contributed by atoms with Crippen molar-refractivity contribution in [2.45, 2.75) is 25.1 Å². The highest BCUT2D eigenvalue weighted by Gasteiger charge is 2.38. The van der Waals surface area contributed by atoms with Gasteiger partial charge in [-0.2, -0.15) is 22.2 Å². The number of hydrogen-bond donors (Lipinski definition) is 3. The monoisotopic (exact) mass is 637 g/mol. The Kier molecular flexibility index (Phi) is 7.85. The number of aliphatic carboxylic acids is 1. The van der Waals surface area contributed by atoms with Crippen LogP contribution in [-0.4, -0.2) is 63.1 Å². The maximum atomic E-state index is 14.7. The Bertz CT molecular complexity index is 1900. The second kappa shape index (κ2) is 11.4. The molecule has 222 valence electrons. The zero-order chi connectivity index (χ0) is 31.1. The number of halogens is 5. The van der Waals surface area contributed by atoms with Gasteiger partial charge in [0, 0.05) is 22.3 Å². The van der Waals surface area contributed by atoms with Gasteiger partial charge in [0.15, 0.2) is 0 Å². The summed E-state index contributed by atoms with van der Waals surface area (Å²) in [5, 5.41) is 28.1. The number of imidazole rings is 1. The molecule has 0 amide bonds. The molecule has 18 heteroatoms. The molecule has 0 radical (unpaired) electrons. The van der Waals surface area contributed by atoms with Crippen LogP contribution in [0.4, 0.5) is 17.6 Å². The number of carbonyl (C=O) groups is 2. The van der Waals surface area contributed by atoms with E-state index < -0.39 is 30.1 Å². The Morgan fingerprint density at radius 3 is 2.49 bits per heavy atom. The standard InChI is InChI=1S/C23H15ClFN7O3S.C2HF3O2/c24-12-1-3-15(31-10-26-29-30-31)14(9-12)11-7-13-2-4-16(32(13)19(33)8-11)22-27-20(21(25)28-22)17-5-6-18(36-17)23(34)35;3-2(4,5)1(6)7/h1,3,5-10,16H,2,4H2,(H,27,28)(H,34,35);(H,6,7)/t16-;/m0./s1. The number of aromatic carboxylic acids is 1. The van der Waals surface area contributed by atoms with E-state index in [0.717, 1.165) is 17.0 Å². The number of thiophene rings is 1. The van der Waals surface area contributed by atoms with Gasteiger partial charge in [-0.15, -0.1) is 16.4 Å². The van der Waals surface area contributed by atoms with Gasteiger partial charge in [-0.05, 0) is 65.2 Å². The summed E-state index contributed by atoms with van der Waals surface area (Å²) in [6, 6.07) is 11.1. The van der Waals surface area contributed by atoms with Crippen LogP contribution in [0, 0.1) is 5.95 Å². The van der Waals surface area contributed by atoms with Gasteiger partial charge in [-0.3, -0.25) is 4.79 Å². The van der Waals surface area contributed by atoms with E-state index in [0.29, 0.717) is 45.4 Å². The maximum absolute atomic E-state index is 14.7. The molecule has 3 N–H and O–H groups in total. The number of nitrogens with one attached hydrogen (secondary N) is 1. The van der Waals surface area contributed by atoms with Crippen LogP contribution in [0.1, 0.15) is 33.7 Å². The van der Waals surface area contributed by atoms with Crippen LogP contribution in [0.5, 0.6) is 0 Å². The van der Waals surface area contributed by atoms with Gasteiger partial charge < -0.3 is 19.8 Å². The lowest BCUT2D eigenvalue weighted by atomic mass is 10.0. The third-order valence-corrected chi connectivity index (χ3v) is 7.62. The van der Waals surface area contributed by atoms with Crippen molar-refractivity contribution >= 4 is 34.9 Å². The van der Waals surface area contributed by atoms with Crippen molar-refractivity contribution in [2.24, 2.45) is 0 Å². The zero-order valence-electron chi connectivity index (χ0n) is 21.2. The molecule has 0 saturated heterocycles. The van der Waals surface area contributed by atoms with E-state index >= 15 is 0 Å². The first-order valence-corrected chi connectivity index (χ1v) is 13.2. The Labute approximate surface area is 245 Å². The summed E-state index contributed by atoms with van der Waals surface area (Å²) in [6.07, 6.45) is -2.50.